The number of nitrogens with two attached hydrogens (primary N) is 1. The van der Waals surface area contributed by atoms with E-state index >= 15 is 0 Å². The Morgan fingerprint density at radius 2 is 2.38 bits per heavy atom. The van der Waals surface area contributed by atoms with E-state index in [0.717, 1.165) is 16.8 Å². The quantitative estimate of drug-likeness (QED) is 0.436. The Bertz CT molecular complexity index is 181. The minimum absolute atomic E-state index is 0.181. The first-order valence-corrected chi connectivity index (χ1v) is 5.24. The molecule has 0 aliphatic carbocycles. The van der Waals surface area contributed by atoms with E-state index in [0.29, 0.717) is 12.3 Å². The van der Waals surface area contributed by atoms with Gasteiger partial charge in [0.25, 0.3) is 0 Å². The van der Waals surface area contributed by atoms with Crippen LogP contribution in [-0.2, 0) is 0 Å². The maximum absolute atomic E-state index is 11.2. The molecule has 0 fully saturated rings. The van der Waals surface area contributed by atoms with Crippen LogP contribution in [0.25, 0.3) is 0 Å². The minimum atomic E-state index is -0.409. The standard InChI is InChI=1S/C6H12ClN3O2S/c1-5(4-7)10(9-12)6(11)13-3-2-8/h5H,2-4,8H2,1H3. The Balaban J connectivity index is 4.06. The Hall–Kier alpha value is -0.330. The first-order chi connectivity index (χ1) is 6.17. The molecule has 0 spiro atoms. The largest absolute Gasteiger partial charge is 0.330 e. The molecular weight excluding hydrogens is 214 g/mol. The van der Waals surface area contributed by atoms with Crippen molar-refractivity contribution >= 4 is 28.6 Å². The molecule has 0 aliphatic heterocycles. The third kappa shape index (κ3) is 4.44. The molecule has 0 radical (unpaired) electrons. The number of nitrogens with zero attached hydrogens (tertiary/aromatic N) is 2. The number of nitroso groups, excluding NO2 is 1. The van der Waals surface area contributed by atoms with Crippen molar-refractivity contribution < 1.29 is 4.79 Å². The van der Waals surface area contributed by atoms with E-state index in [1.165, 1.54) is 0 Å². The van der Waals surface area contributed by atoms with Gasteiger partial charge in [-0.15, -0.1) is 16.5 Å². The fraction of sp³-hybridized carbons (Fsp3) is 0.833. The van der Waals surface area contributed by atoms with Gasteiger partial charge in [-0.1, -0.05) is 11.8 Å². The highest BCUT2D eigenvalue weighted by Gasteiger charge is 2.20. The molecule has 0 aromatic carbocycles. The van der Waals surface area contributed by atoms with E-state index in [4.69, 9.17) is 17.3 Å². The van der Waals surface area contributed by atoms with Crippen LogP contribution in [0.2, 0.25) is 0 Å². The second-order valence-corrected chi connectivity index (χ2v) is 3.69. The van der Waals surface area contributed by atoms with Crippen molar-refractivity contribution in [3.05, 3.63) is 4.91 Å². The van der Waals surface area contributed by atoms with Gasteiger partial charge in [0.1, 0.15) is 0 Å². The molecule has 1 atom stereocenters. The molecule has 1 unspecified atom stereocenters. The average Bonchev–Trinajstić information content (AvgIpc) is 2.15. The van der Waals surface area contributed by atoms with Crippen LogP contribution in [0.4, 0.5) is 4.79 Å². The summed E-state index contributed by atoms with van der Waals surface area (Å²) < 4.78 is 0. The minimum Gasteiger partial charge on any atom is -0.330 e. The van der Waals surface area contributed by atoms with Crippen molar-refractivity contribution in [3.63, 3.8) is 0 Å². The number of amides is 1. The fourth-order valence-electron chi connectivity index (χ4n) is 0.571. The fourth-order valence-corrected chi connectivity index (χ4v) is 1.34. The highest BCUT2D eigenvalue weighted by Crippen LogP contribution is 2.12. The summed E-state index contributed by atoms with van der Waals surface area (Å²) in [6.45, 7) is 2.04. The Labute approximate surface area is 85.9 Å². The molecule has 5 nitrogen and oxygen atoms in total. The number of alkyl halides is 1. The highest BCUT2D eigenvalue weighted by molar-refractivity contribution is 8.13. The molecule has 2 N–H and O–H groups in total. The van der Waals surface area contributed by atoms with E-state index in [-0.39, 0.29) is 11.9 Å². The maximum Gasteiger partial charge on any atom is 0.304 e. The zero-order valence-corrected chi connectivity index (χ0v) is 8.85. The molecule has 0 aromatic heterocycles. The van der Waals surface area contributed by atoms with Gasteiger partial charge in [0.05, 0.1) is 11.3 Å². The lowest BCUT2D eigenvalue weighted by Gasteiger charge is -2.17. The van der Waals surface area contributed by atoms with Crippen LogP contribution in [0, 0.1) is 4.91 Å². The summed E-state index contributed by atoms with van der Waals surface area (Å²) in [4.78, 5) is 21.5. The van der Waals surface area contributed by atoms with Gasteiger partial charge >= 0.3 is 5.24 Å². The summed E-state index contributed by atoms with van der Waals surface area (Å²) in [6, 6.07) is -0.378. The number of hydrogen-bond donors (Lipinski definition) is 1. The van der Waals surface area contributed by atoms with Crippen LogP contribution in [0.15, 0.2) is 5.29 Å². The van der Waals surface area contributed by atoms with Gasteiger partial charge in [-0.25, -0.2) is 0 Å². The molecule has 0 heterocycles. The zero-order chi connectivity index (χ0) is 10.3. The van der Waals surface area contributed by atoms with E-state index in [9.17, 15) is 9.70 Å². The van der Waals surface area contributed by atoms with Crippen LogP contribution in [-0.4, -0.2) is 34.5 Å². The number of hydrogen-bond acceptors (Lipinski definition) is 5. The second kappa shape index (κ2) is 7.11. The Kier molecular flexibility index (Phi) is 6.93. The molecule has 0 saturated heterocycles. The summed E-state index contributed by atoms with van der Waals surface area (Å²) in [7, 11) is 0. The van der Waals surface area contributed by atoms with Crippen molar-refractivity contribution in [1.82, 2.24) is 5.01 Å². The highest BCUT2D eigenvalue weighted by atomic mass is 35.5. The van der Waals surface area contributed by atoms with E-state index in [1.54, 1.807) is 6.92 Å². The topological polar surface area (TPSA) is 75.8 Å². The number of halogens is 1. The normalized spacial score (nSPS) is 12.2. The van der Waals surface area contributed by atoms with Crippen LogP contribution in [0.3, 0.4) is 0 Å². The van der Waals surface area contributed by atoms with Crippen LogP contribution >= 0.6 is 23.4 Å². The molecule has 0 bridgehead atoms. The summed E-state index contributed by atoms with van der Waals surface area (Å²) in [5.74, 6) is 0.653. The molecule has 0 aliphatic rings. The molecule has 1 amide bonds. The maximum atomic E-state index is 11.2. The first-order valence-electron chi connectivity index (χ1n) is 3.72. The van der Waals surface area contributed by atoms with Crippen molar-refractivity contribution in [2.24, 2.45) is 11.0 Å². The number of thioether (sulfide) groups is 1. The summed E-state index contributed by atoms with van der Waals surface area (Å²) in [5, 5.41) is 3.02. The molecule has 76 valence electrons. The number of carbonyl (C=O) groups excluding carboxylic acids is 1. The van der Waals surface area contributed by atoms with E-state index < -0.39 is 5.24 Å². The molecule has 7 heteroatoms. The Morgan fingerprint density at radius 1 is 1.77 bits per heavy atom. The molecule has 13 heavy (non-hydrogen) atoms. The molecule has 0 rings (SSSR count). The van der Waals surface area contributed by atoms with E-state index in [2.05, 4.69) is 5.29 Å². The third-order valence-corrected chi connectivity index (χ3v) is 2.58. The lowest BCUT2D eigenvalue weighted by molar-refractivity contribution is 0.211. The van der Waals surface area contributed by atoms with Crippen LogP contribution in [0.5, 0.6) is 0 Å². The Morgan fingerprint density at radius 3 is 2.77 bits per heavy atom. The van der Waals surface area contributed by atoms with Crippen molar-refractivity contribution in [2.45, 2.75) is 13.0 Å². The first kappa shape index (κ1) is 12.7. The van der Waals surface area contributed by atoms with E-state index in [1.807, 2.05) is 0 Å². The molecular formula is C6H12ClN3O2S. The lowest BCUT2D eigenvalue weighted by atomic mass is 10.4. The number of rotatable bonds is 5. The average molecular weight is 226 g/mol. The van der Waals surface area contributed by atoms with Crippen LogP contribution in [0.1, 0.15) is 6.92 Å². The van der Waals surface area contributed by atoms with Crippen LogP contribution < -0.4 is 5.73 Å². The van der Waals surface area contributed by atoms with Gasteiger partial charge in [-0.3, -0.25) is 4.79 Å². The second-order valence-electron chi connectivity index (χ2n) is 2.33. The third-order valence-electron chi connectivity index (χ3n) is 1.26. The van der Waals surface area contributed by atoms with Gasteiger partial charge in [0, 0.05) is 18.2 Å². The summed E-state index contributed by atoms with van der Waals surface area (Å²) >= 11 is 6.44. The predicted octanol–water partition coefficient (Wildman–Crippen LogP) is 1.41. The summed E-state index contributed by atoms with van der Waals surface area (Å²) in [6.07, 6.45) is 0. The van der Waals surface area contributed by atoms with Gasteiger partial charge < -0.3 is 5.73 Å². The SMILES string of the molecule is CC(CCl)N(N=O)C(=O)SCCN. The van der Waals surface area contributed by atoms with Crippen molar-refractivity contribution in [3.8, 4) is 0 Å². The molecule has 0 saturated carbocycles. The van der Waals surface area contributed by atoms with Crippen molar-refractivity contribution in [1.29, 1.82) is 0 Å². The van der Waals surface area contributed by atoms with Gasteiger partial charge in [0.15, 0.2) is 0 Å². The van der Waals surface area contributed by atoms with Gasteiger partial charge in [0.2, 0.25) is 0 Å². The zero-order valence-electron chi connectivity index (χ0n) is 7.27. The summed E-state index contributed by atoms with van der Waals surface area (Å²) in [5.41, 5.74) is 5.20. The molecule has 0 aromatic rings. The smallest absolute Gasteiger partial charge is 0.304 e. The van der Waals surface area contributed by atoms with Gasteiger partial charge in [-0.2, -0.15) is 5.01 Å². The van der Waals surface area contributed by atoms with Gasteiger partial charge in [-0.05, 0) is 6.92 Å². The number of carbonyl (C=O) groups is 1. The van der Waals surface area contributed by atoms with Crippen molar-refractivity contribution in [2.75, 3.05) is 18.2 Å². The predicted molar refractivity (Wildman–Crippen MR) is 54.7 cm³/mol. The lowest BCUT2D eigenvalue weighted by Crippen LogP contribution is -2.32. The monoisotopic (exact) mass is 225 g/mol.